The Kier molecular flexibility index (Phi) is 4.72. The summed E-state index contributed by atoms with van der Waals surface area (Å²) in [5.41, 5.74) is 0.300. The van der Waals surface area contributed by atoms with Gasteiger partial charge in [0, 0.05) is 17.7 Å². The molecule has 1 aromatic rings. The van der Waals surface area contributed by atoms with Crippen LogP contribution in [0.1, 0.15) is 58.5 Å². The van der Waals surface area contributed by atoms with E-state index < -0.39 is 5.41 Å². The maximum absolute atomic E-state index is 12.1. The third-order valence-electron chi connectivity index (χ3n) is 2.77. The van der Waals surface area contributed by atoms with Crippen LogP contribution in [-0.4, -0.2) is 17.4 Å². The van der Waals surface area contributed by atoms with Crippen LogP contribution in [0.3, 0.4) is 0 Å². The third kappa shape index (κ3) is 5.41. The quantitative estimate of drug-likeness (QED) is 0.767. The molecule has 0 bridgehead atoms. The fraction of sp³-hybridized carbons (Fsp3) is 0.625. The molecule has 1 aromatic heterocycles. The van der Waals surface area contributed by atoms with E-state index in [1.807, 2.05) is 20.8 Å². The van der Waals surface area contributed by atoms with Crippen molar-refractivity contribution in [1.29, 1.82) is 0 Å². The van der Waals surface area contributed by atoms with Crippen LogP contribution < -0.4 is 4.74 Å². The zero-order chi connectivity index (χ0) is 14.7. The number of hydrogen-bond acceptors (Lipinski definition) is 3. The van der Waals surface area contributed by atoms with E-state index in [0.717, 1.165) is 6.42 Å². The van der Waals surface area contributed by atoms with Gasteiger partial charge in [-0.25, -0.2) is 0 Å². The van der Waals surface area contributed by atoms with E-state index in [4.69, 9.17) is 4.74 Å². The zero-order valence-corrected chi connectivity index (χ0v) is 12.9. The Hall–Kier alpha value is -1.38. The van der Waals surface area contributed by atoms with Crippen LogP contribution in [0.15, 0.2) is 18.3 Å². The molecule has 3 nitrogen and oxygen atoms in total. The maximum atomic E-state index is 12.1. The molecule has 3 heteroatoms. The van der Waals surface area contributed by atoms with E-state index in [2.05, 4.69) is 25.8 Å². The van der Waals surface area contributed by atoms with Crippen molar-refractivity contribution in [2.45, 2.75) is 48.0 Å². The van der Waals surface area contributed by atoms with Gasteiger partial charge in [-0.05, 0) is 17.9 Å². The van der Waals surface area contributed by atoms with Gasteiger partial charge in [-0.2, -0.15) is 0 Å². The zero-order valence-electron chi connectivity index (χ0n) is 12.9. The van der Waals surface area contributed by atoms with Crippen LogP contribution in [-0.2, 0) is 0 Å². The molecule has 0 saturated heterocycles. The minimum Gasteiger partial charge on any atom is -0.493 e. The highest BCUT2D eigenvalue weighted by molar-refractivity contribution is 5.98. The Bertz CT molecular complexity index is 439. The first-order chi connectivity index (χ1) is 8.59. The van der Waals surface area contributed by atoms with Gasteiger partial charge in [-0.3, -0.25) is 9.78 Å². The number of ketones is 1. The molecule has 0 aliphatic rings. The highest BCUT2D eigenvalue weighted by Gasteiger charge is 2.24. The van der Waals surface area contributed by atoms with Crippen LogP contribution in [0, 0.1) is 10.8 Å². The first-order valence-electron chi connectivity index (χ1n) is 6.73. The number of hydrogen-bond donors (Lipinski definition) is 0. The molecule has 0 N–H and O–H groups in total. The van der Waals surface area contributed by atoms with Gasteiger partial charge in [0.05, 0.1) is 6.61 Å². The fourth-order valence-corrected chi connectivity index (χ4v) is 1.48. The van der Waals surface area contributed by atoms with Crippen molar-refractivity contribution in [1.82, 2.24) is 4.98 Å². The van der Waals surface area contributed by atoms with Gasteiger partial charge in [-0.1, -0.05) is 41.5 Å². The smallest absolute Gasteiger partial charge is 0.186 e. The van der Waals surface area contributed by atoms with Crippen LogP contribution in [0.25, 0.3) is 0 Å². The van der Waals surface area contributed by atoms with Gasteiger partial charge in [0.1, 0.15) is 11.4 Å². The van der Waals surface area contributed by atoms with E-state index in [-0.39, 0.29) is 11.2 Å². The molecule has 1 rings (SSSR count). The highest BCUT2D eigenvalue weighted by Crippen LogP contribution is 2.23. The molecule has 0 aliphatic heterocycles. The van der Waals surface area contributed by atoms with E-state index in [0.29, 0.717) is 18.1 Å². The molecule has 0 saturated carbocycles. The number of ether oxygens (including phenoxy) is 1. The average molecular weight is 263 g/mol. The van der Waals surface area contributed by atoms with Gasteiger partial charge in [0.25, 0.3) is 0 Å². The second kappa shape index (κ2) is 5.72. The number of nitrogens with zero attached hydrogens (tertiary/aromatic N) is 1. The van der Waals surface area contributed by atoms with Crippen molar-refractivity contribution in [3.63, 3.8) is 0 Å². The Balaban J connectivity index is 2.70. The lowest BCUT2D eigenvalue weighted by molar-refractivity contribution is 0.0852. The summed E-state index contributed by atoms with van der Waals surface area (Å²) >= 11 is 0. The number of rotatable bonds is 4. The molecule has 0 spiro atoms. The first kappa shape index (κ1) is 15.7. The molecule has 0 aliphatic carbocycles. The maximum Gasteiger partial charge on any atom is 0.186 e. The van der Waals surface area contributed by atoms with Gasteiger partial charge in [0.15, 0.2) is 5.78 Å². The molecule has 0 radical (unpaired) electrons. The summed E-state index contributed by atoms with van der Waals surface area (Å²) in [6, 6.07) is 3.53. The van der Waals surface area contributed by atoms with Crippen LogP contribution in [0.2, 0.25) is 0 Å². The molecule has 0 unspecified atom stereocenters. The highest BCUT2D eigenvalue weighted by atomic mass is 16.5. The second-order valence-electron chi connectivity index (χ2n) is 7.12. The molecular weight excluding hydrogens is 238 g/mol. The van der Waals surface area contributed by atoms with Crippen LogP contribution in [0.4, 0.5) is 0 Å². The van der Waals surface area contributed by atoms with Crippen molar-refractivity contribution in [2.24, 2.45) is 10.8 Å². The van der Waals surface area contributed by atoms with Gasteiger partial charge >= 0.3 is 0 Å². The topological polar surface area (TPSA) is 39.2 Å². The monoisotopic (exact) mass is 263 g/mol. The number of aromatic nitrogens is 1. The number of carbonyl (C=O) groups excluding carboxylic acids is 1. The van der Waals surface area contributed by atoms with E-state index in [9.17, 15) is 4.79 Å². The van der Waals surface area contributed by atoms with Crippen LogP contribution >= 0.6 is 0 Å². The predicted octanol–water partition coefficient (Wildman–Crippen LogP) is 4.13. The number of carbonyl (C=O) groups is 1. The van der Waals surface area contributed by atoms with Crippen molar-refractivity contribution >= 4 is 5.78 Å². The summed E-state index contributed by atoms with van der Waals surface area (Å²) in [7, 11) is 0. The summed E-state index contributed by atoms with van der Waals surface area (Å²) in [6.45, 7) is 12.9. The molecule has 106 valence electrons. The molecule has 1 heterocycles. The molecular formula is C16H25NO2. The predicted molar refractivity (Wildman–Crippen MR) is 77.6 cm³/mol. The Labute approximate surface area is 116 Å². The SMILES string of the molecule is CC(C)(C)CCOc1ccnc(C(=O)C(C)(C)C)c1. The summed E-state index contributed by atoms with van der Waals surface area (Å²) in [5, 5.41) is 0. The minimum absolute atomic E-state index is 0.0359. The lowest BCUT2D eigenvalue weighted by Crippen LogP contribution is -2.21. The number of Topliss-reactive ketones (excluding diaryl/α,β-unsaturated/α-hetero) is 1. The molecule has 0 fully saturated rings. The minimum atomic E-state index is -0.420. The van der Waals surface area contributed by atoms with Gasteiger partial charge in [0.2, 0.25) is 0 Å². The van der Waals surface area contributed by atoms with E-state index >= 15 is 0 Å². The average Bonchev–Trinajstić information content (AvgIpc) is 2.25. The van der Waals surface area contributed by atoms with Crippen molar-refractivity contribution in [3.8, 4) is 5.75 Å². The van der Waals surface area contributed by atoms with Crippen molar-refractivity contribution < 1.29 is 9.53 Å². The standard InChI is InChI=1S/C16H25NO2/c1-15(2,3)8-10-19-12-7-9-17-13(11-12)14(18)16(4,5)6/h7,9,11H,8,10H2,1-6H3. The molecule has 0 atom stereocenters. The summed E-state index contributed by atoms with van der Waals surface area (Å²) < 4.78 is 5.69. The normalized spacial score (nSPS) is 12.3. The molecule has 19 heavy (non-hydrogen) atoms. The van der Waals surface area contributed by atoms with Gasteiger partial charge in [-0.15, -0.1) is 0 Å². The Morgan fingerprint density at radius 3 is 2.37 bits per heavy atom. The van der Waals surface area contributed by atoms with E-state index in [1.165, 1.54) is 0 Å². The second-order valence-corrected chi connectivity index (χ2v) is 7.12. The van der Waals surface area contributed by atoms with Crippen molar-refractivity contribution in [2.75, 3.05) is 6.61 Å². The summed E-state index contributed by atoms with van der Waals surface area (Å²) in [4.78, 5) is 16.3. The third-order valence-corrected chi connectivity index (χ3v) is 2.77. The van der Waals surface area contributed by atoms with Crippen LogP contribution in [0.5, 0.6) is 5.75 Å². The molecule has 0 aromatic carbocycles. The molecule has 0 amide bonds. The van der Waals surface area contributed by atoms with E-state index in [1.54, 1.807) is 18.3 Å². The summed E-state index contributed by atoms with van der Waals surface area (Å²) in [6.07, 6.45) is 2.60. The fourth-order valence-electron chi connectivity index (χ4n) is 1.48. The largest absolute Gasteiger partial charge is 0.493 e. The van der Waals surface area contributed by atoms with Crippen molar-refractivity contribution in [3.05, 3.63) is 24.0 Å². The van der Waals surface area contributed by atoms with Gasteiger partial charge < -0.3 is 4.74 Å². The summed E-state index contributed by atoms with van der Waals surface area (Å²) in [5.74, 6) is 0.751. The Morgan fingerprint density at radius 2 is 1.84 bits per heavy atom. The lowest BCUT2D eigenvalue weighted by Gasteiger charge is -2.19. The Morgan fingerprint density at radius 1 is 1.21 bits per heavy atom. The first-order valence-corrected chi connectivity index (χ1v) is 6.73. The number of pyridine rings is 1. The lowest BCUT2D eigenvalue weighted by atomic mass is 9.89.